The second kappa shape index (κ2) is 8.94. The summed E-state index contributed by atoms with van der Waals surface area (Å²) in [5.74, 6) is -2.08. The van der Waals surface area contributed by atoms with Crippen molar-refractivity contribution in [2.45, 2.75) is 26.7 Å². The highest BCUT2D eigenvalue weighted by Gasteiger charge is 2.19. The molecule has 7 heteroatoms. The second-order valence-corrected chi connectivity index (χ2v) is 5.77. The van der Waals surface area contributed by atoms with Gasteiger partial charge in [0.15, 0.2) is 0 Å². The van der Waals surface area contributed by atoms with Crippen LogP contribution < -0.4 is 10.2 Å². The van der Waals surface area contributed by atoms with Crippen LogP contribution in [0.1, 0.15) is 47.4 Å². The van der Waals surface area contributed by atoms with Crippen LogP contribution in [0.2, 0.25) is 0 Å². The third-order valence-electron chi connectivity index (χ3n) is 3.94. The maximum absolute atomic E-state index is 13.7. The summed E-state index contributed by atoms with van der Waals surface area (Å²) >= 11 is 0. The fourth-order valence-electron chi connectivity index (χ4n) is 2.54. The first-order valence-corrected chi connectivity index (χ1v) is 8.52. The van der Waals surface area contributed by atoms with Crippen LogP contribution in [0.15, 0.2) is 36.5 Å². The van der Waals surface area contributed by atoms with Crippen molar-refractivity contribution in [2.24, 2.45) is 0 Å². The lowest BCUT2D eigenvalue weighted by Crippen LogP contribution is -2.27. The topological polar surface area (TPSA) is 82.5 Å². The maximum Gasteiger partial charge on any atom is 0.339 e. The van der Waals surface area contributed by atoms with E-state index in [-0.39, 0.29) is 16.8 Å². The Bertz CT molecular complexity index is 795. The molecule has 26 heavy (non-hydrogen) atoms. The largest absolute Gasteiger partial charge is 0.478 e. The second-order valence-electron chi connectivity index (χ2n) is 5.77. The van der Waals surface area contributed by atoms with Crippen LogP contribution in [0.3, 0.4) is 0 Å². The molecule has 1 aromatic carbocycles. The number of nitrogens with zero attached hydrogens (tertiary/aromatic N) is 2. The molecule has 2 aromatic rings. The Labute approximate surface area is 151 Å². The molecular formula is C19H22FN3O3. The lowest BCUT2D eigenvalue weighted by atomic mass is 10.2. The van der Waals surface area contributed by atoms with Crippen LogP contribution in [0.4, 0.5) is 15.9 Å². The van der Waals surface area contributed by atoms with E-state index in [9.17, 15) is 19.1 Å². The summed E-state index contributed by atoms with van der Waals surface area (Å²) in [7, 11) is 0. The number of benzene rings is 1. The lowest BCUT2D eigenvalue weighted by molar-refractivity contribution is 0.0696. The molecule has 0 unspecified atom stereocenters. The minimum absolute atomic E-state index is 0.00529. The summed E-state index contributed by atoms with van der Waals surface area (Å²) in [6.45, 7) is 5.30. The Morgan fingerprint density at radius 2 is 1.96 bits per heavy atom. The van der Waals surface area contributed by atoms with Gasteiger partial charge in [0, 0.05) is 13.1 Å². The van der Waals surface area contributed by atoms with Crippen molar-refractivity contribution in [1.29, 1.82) is 0 Å². The fourth-order valence-corrected chi connectivity index (χ4v) is 2.54. The zero-order valence-corrected chi connectivity index (χ0v) is 14.8. The molecular weight excluding hydrogens is 337 g/mol. The van der Waals surface area contributed by atoms with Gasteiger partial charge in [0.2, 0.25) is 0 Å². The van der Waals surface area contributed by atoms with E-state index in [1.807, 2.05) is 11.8 Å². The molecule has 2 N–H and O–H groups in total. The number of carboxylic acids is 1. The maximum atomic E-state index is 13.7. The molecule has 2 rings (SSSR count). The quantitative estimate of drug-likeness (QED) is 0.749. The molecule has 0 saturated heterocycles. The van der Waals surface area contributed by atoms with E-state index in [1.54, 1.807) is 6.07 Å². The molecule has 1 aromatic heterocycles. The number of hydrogen-bond acceptors (Lipinski definition) is 4. The molecule has 6 nitrogen and oxygen atoms in total. The number of nitrogens with one attached hydrogen (secondary N) is 1. The summed E-state index contributed by atoms with van der Waals surface area (Å²) in [6, 6.07) is 6.92. The summed E-state index contributed by atoms with van der Waals surface area (Å²) in [5, 5.41) is 12.0. The standard InChI is InChI=1S/C19H22FN3O3/c1-3-5-10-23(4-2)17-15(19(25)26)11-13(12-21-17)22-18(24)14-8-6-7-9-16(14)20/h6-9,11-12H,3-5,10H2,1-2H3,(H,22,24)(H,25,26). The molecule has 0 spiro atoms. The van der Waals surface area contributed by atoms with Gasteiger partial charge in [-0.2, -0.15) is 0 Å². The summed E-state index contributed by atoms with van der Waals surface area (Å²) in [4.78, 5) is 29.9. The Morgan fingerprint density at radius 3 is 2.58 bits per heavy atom. The van der Waals surface area contributed by atoms with Crippen molar-refractivity contribution in [3.8, 4) is 0 Å². The van der Waals surface area contributed by atoms with Crippen molar-refractivity contribution < 1.29 is 19.1 Å². The normalized spacial score (nSPS) is 10.4. The van der Waals surface area contributed by atoms with Gasteiger partial charge in [0.1, 0.15) is 17.2 Å². The number of carboxylic acid groups (broad SMARTS) is 1. The Hall–Kier alpha value is -2.96. The predicted molar refractivity (Wildman–Crippen MR) is 98.3 cm³/mol. The van der Waals surface area contributed by atoms with Gasteiger partial charge in [-0.05, 0) is 31.5 Å². The highest BCUT2D eigenvalue weighted by molar-refractivity contribution is 6.05. The molecule has 0 radical (unpaired) electrons. The van der Waals surface area contributed by atoms with E-state index in [1.165, 1.54) is 30.5 Å². The van der Waals surface area contributed by atoms with Gasteiger partial charge in [-0.15, -0.1) is 0 Å². The number of carbonyl (C=O) groups excluding carboxylic acids is 1. The van der Waals surface area contributed by atoms with Gasteiger partial charge in [0.05, 0.1) is 17.4 Å². The number of hydrogen-bond donors (Lipinski definition) is 2. The summed E-state index contributed by atoms with van der Waals surface area (Å²) in [6.07, 6.45) is 3.28. The Kier molecular flexibility index (Phi) is 6.66. The number of amides is 1. The molecule has 0 saturated carbocycles. The average Bonchev–Trinajstić information content (AvgIpc) is 2.63. The van der Waals surface area contributed by atoms with Crippen molar-refractivity contribution in [3.05, 3.63) is 53.5 Å². The average molecular weight is 359 g/mol. The first-order valence-electron chi connectivity index (χ1n) is 8.52. The van der Waals surface area contributed by atoms with Crippen LogP contribution in [0.25, 0.3) is 0 Å². The van der Waals surface area contributed by atoms with E-state index in [0.717, 1.165) is 12.8 Å². The van der Waals surface area contributed by atoms with Crippen LogP contribution in [-0.4, -0.2) is 35.1 Å². The Balaban J connectivity index is 2.29. The first-order chi connectivity index (χ1) is 12.5. The Morgan fingerprint density at radius 1 is 1.23 bits per heavy atom. The zero-order valence-electron chi connectivity index (χ0n) is 14.8. The molecule has 0 aliphatic carbocycles. The van der Waals surface area contributed by atoms with Crippen LogP contribution >= 0.6 is 0 Å². The number of carbonyl (C=O) groups is 2. The molecule has 0 bridgehead atoms. The monoisotopic (exact) mass is 359 g/mol. The third-order valence-corrected chi connectivity index (χ3v) is 3.94. The zero-order chi connectivity index (χ0) is 19.1. The minimum atomic E-state index is -1.13. The molecule has 0 aliphatic heterocycles. The van der Waals surface area contributed by atoms with Crippen molar-refractivity contribution >= 4 is 23.4 Å². The first kappa shape index (κ1) is 19.4. The van der Waals surface area contributed by atoms with Gasteiger partial charge in [-0.1, -0.05) is 25.5 Å². The van der Waals surface area contributed by atoms with E-state index >= 15 is 0 Å². The van der Waals surface area contributed by atoms with Crippen molar-refractivity contribution in [2.75, 3.05) is 23.3 Å². The highest BCUT2D eigenvalue weighted by Crippen LogP contribution is 2.22. The molecule has 0 atom stereocenters. The van der Waals surface area contributed by atoms with E-state index < -0.39 is 17.7 Å². The van der Waals surface area contributed by atoms with Gasteiger partial charge in [0.25, 0.3) is 5.91 Å². The number of pyridine rings is 1. The number of anilines is 2. The number of aromatic nitrogens is 1. The van der Waals surface area contributed by atoms with Gasteiger partial charge >= 0.3 is 5.97 Å². The number of unbranched alkanes of at least 4 members (excludes halogenated alkanes) is 1. The molecule has 0 fully saturated rings. The highest BCUT2D eigenvalue weighted by atomic mass is 19.1. The minimum Gasteiger partial charge on any atom is -0.478 e. The smallest absolute Gasteiger partial charge is 0.339 e. The third kappa shape index (κ3) is 4.56. The number of halogens is 1. The fraction of sp³-hybridized carbons (Fsp3) is 0.316. The van der Waals surface area contributed by atoms with Crippen LogP contribution in [0.5, 0.6) is 0 Å². The number of rotatable bonds is 8. The van der Waals surface area contributed by atoms with Gasteiger partial charge in [-0.3, -0.25) is 4.79 Å². The van der Waals surface area contributed by atoms with E-state index in [4.69, 9.17) is 0 Å². The van der Waals surface area contributed by atoms with E-state index in [2.05, 4.69) is 17.2 Å². The van der Waals surface area contributed by atoms with Crippen molar-refractivity contribution in [3.63, 3.8) is 0 Å². The summed E-state index contributed by atoms with van der Waals surface area (Å²) in [5.41, 5.74) is 0.0758. The van der Waals surface area contributed by atoms with Crippen molar-refractivity contribution in [1.82, 2.24) is 4.98 Å². The SMILES string of the molecule is CCCCN(CC)c1ncc(NC(=O)c2ccccc2F)cc1C(=O)O. The van der Waals surface area contributed by atoms with Crippen LogP contribution in [-0.2, 0) is 0 Å². The molecule has 138 valence electrons. The predicted octanol–water partition coefficient (Wildman–Crippen LogP) is 3.80. The summed E-state index contributed by atoms with van der Waals surface area (Å²) < 4.78 is 13.7. The van der Waals surface area contributed by atoms with Gasteiger partial charge in [-0.25, -0.2) is 14.2 Å². The number of aromatic carboxylic acids is 1. The van der Waals surface area contributed by atoms with Crippen LogP contribution in [0, 0.1) is 5.82 Å². The molecule has 1 heterocycles. The molecule has 0 aliphatic rings. The van der Waals surface area contributed by atoms with Gasteiger partial charge < -0.3 is 15.3 Å². The molecule has 1 amide bonds. The lowest BCUT2D eigenvalue weighted by Gasteiger charge is -2.23. The van der Waals surface area contributed by atoms with E-state index in [0.29, 0.717) is 18.9 Å².